The molecule has 2 atom stereocenters. The van der Waals surface area contributed by atoms with Crippen LogP contribution in [0.15, 0.2) is 135 Å². The molecule has 0 radical (unpaired) electrons. The summed E-state index contributed by atoms with van der Waals surface area (Å²) in [6.45, 7) is 15.3. The van der Waals surface area contributed by atoms with Crippen molar-refractivity contribution in [2.75, 3.05) is 78.2 Å². The predicted molar refractivity (Wildman–Crippen MR) is 288 cm³/mol. The van der Waals surface area contributed by atoms with Crippen LogP contribution in [0.2, 0.25) is 5.02 Å². The topological polar surface area (TPSA) is 55.8 Å². The molecule has 1 aliphatic heterocycles. The summed E-state index contributed by atoms with van der Waals surface area (Å²) in [5.41, 5.74) is 2.98. The number of hydrogen-bond donors (Lipinski definition) is 2. The summed E-state index contributed by atoms with van der Waals surface area (Å²) < 4.78 is 76.7. The normalized spacial score (nSPS) is 14.2. The van der Waals surface area contributed by atoms with E-state index >= 15 is 4.39 Å². The summed E-state index contributed by atoms with van der Waals surface area (Å²) in [7, 11) is -1.19. The zero-order valence-electron chi connectivity index (χ0n) is 40.1. The fourth-order valence-electron chi connectivity index (χ4n) is 8.91. The molecular weight excluding hydrogens is 976 g/mol. The summed E-state index contributed by atoms with van der Waals surface area (Å²) >= 11 is 10.8. The molecule has 0 aliphatic carbocycles. The second kappa shape index (κ2) is 23.8. The Morgan fingerprint density at radius 3 is 2.10 bits per heavy atom. The van der Waals surface area contributed by atoms with Crippen LogP contribution in [0.25, 0.3) is 22.4 Å². The zero-order chi connectivity index (χ0) is 49.4. The Morgan fingerprint density at radius 2 is 1.48 bits per heavy atom. The van der Waals surface area contributed by atoms with Crippen LogP contribution in [0.3, 0.4) is 0 Å². The van der Waals surface area contributed by atoms with Gasteiger partial charge in [-0.3, -0.25) is 0 Å². The first kappa shape index (κ1) is 52.6. The van der Waals surface area contributed by atoms with E-state index in [0.717, 1.165) is 81.1 Å². The second-order valence-electron chi connectivity index (χ2n) is 18.0. The van der Waals surface area contributed by atoms with Crippen LogP contribution < -0.4 is 19.8 Å². The predicted octanol–water partition coefficient (Wildman–Crippen LogP) is 14.8. The quantitative estimate of drug-likeness (QED) is 0.0442. The van der Waals surface area contributed by atoms with Crippen molar-refractivity contribution in [3.8, 4) is 22.4 Å². The first-order chi connectivity index (χ1) is 33.0. The molecule has 1 aliphatic rings. The minimum atomic E-state index is -4.93. The summed E-state index contributed by atoms with van der Waals surface area (Å²) in [5.74, 6) is 0.815. The molecule has 2 N–H and O–H groups in total. The lowest BCUT2D eigenvalue weighted by Crippen LogP contribution is -2.46. The molecule has 0 bridgehead atoms. The highest BCUT2D eigenvalue weighted by molar-refractivity contribution is 8.00. The van der Waals surface area contributed by atoms with Crippen molar-refractivity contribution in [2.24, 2.45) is 5.92 Å². The highest BCUT2D eigenvalue weighted by atomic mass is 35.5. The number of benzene rings is 5. The molecule has 69 heavy (non-hydrogen) atoms. The first-order valence-electron chi connectivity index (χ1n) is 23.1. The van der Waals surface area contributed by atoms with Gasteiger partial charge in [0, 0.05) is 98.6 Å². The van der Waals surface area contributed by atoms with E-state index < -0.39 is 16.3 Å². The minimum absolute atomic E-state index is 0.179. The minimum Gasteiger partial charge on any atom is -0.380 e. The Morgan fingerprint density at radius 1 is 0.812 bits per heavy atom. The van der Waals surface area contributed by atoms with Gasteiger partial charge in [0.2, 0.25) is 0 Å². The molecule has 2 heterocycles. The summed E-state index contributed by atoms with van der Waals surface area (Å²) in [6.07, 6.45) is 2.76. The molecule has 368 valence electrons. The van der Waals surface area contributed by atoms with E-state index in [-0.39, 0.29) is 28.5 Å². The van der Waals surface area contributed by atoms with Gasteiger partial charge >= 0.3 is 5.51 Å². The average molecular weight is 1040 g/mol. The Kier molecular flexibility index (Phi) is 18.1. The first-order valence-corrected chi connectivity index (χ1v) is 27.7. The molecule has 0 amide bonds. The fraction of sp³-hybridized carbons (Fsp3) is 0.358. The number of rotatable bonds is 20. The Labute approximate surface area is 425 Å². The second-order valence-corrected chi connectivity index (χ2v) is 22.7. The van der Waals surface area contributed by atoms with Gasteiger partial charge in [0.15, 0.2) is 10.8 Å². The monoisotopic (exact) mass is 1040 g/mol. The number of alkyl halides is 3. The largest absolute Gasteiger partial charge is 0.475 e. The van der Waals surface area contributed by atoms with Gasteiger partial charge in [-0.05, 0) is 161 Å². The van der Waals surface area contributed by atoms with Crippen molar-refractivity contribution in [2.45, 2.75) is 78.2 Å². The van der Waals surface area contributed by atoms with Crippen LogP contribution in [0.5, 0.6) is 0 Å². The highest BCUT2D eigenvalue weighted by Gasteiger charge is 2.39. The number of nitrogens with zero attached hydrogens (tertiary/aromatic N) is 4. The van der Waals surface area contributed by atoms with Gasteiger partial charge in [0.1, 0.15) is 5.82 Å². The molecule has 2 unspecified atom stereocenters. The van der Waals surface area contributed by atoms with Crippen molar-refractivity contribution in [3.63, 3.8) is 0 Å². The van der Waals surface area contributed by atoms with Crippen LogP contribution in [-0.4, -0.2) is 83.6 Å². The van der Waals surface area contributed by atoms with Gasteiger partial charge < -0.3 is 29.3 Å². The number of anilines is 4. The van der Waals surface area contributed by atoms with Gasteiger partial charge in [-0.1, -0.05) is 55.8 Å². The molecule has 6 aromatic rings. The number of thioether (sulfide) groups is 2. The van der Waals surface area contributed by atoms with Gasteiger partial charge in [-0.15, -0.1) is 23.5 Å². The molecule has 1 aromatic heterocycles. The van der Waals surface area contributed by atoms with Crippen molar-refractivity contribution in [1.82, 2.24) is 9.47 Å². The molecule has 0 spiro atoms. The lowest BCUT2D eigenvalue weighted by molar-refractivity contribution is -0.0384. The highest BCUT2D eigenvalue weighted by Crippen LogP contribution is 2.46. The van der Waals surface area contributed by atoms with Crippen LogP contribution in [0.1, 0.15) is 45.9 Å². The molecule has 0 saturated carbocycles. The van der Waals surface area contributed by atoms with Crippen LogP contribution in [-0.2, 0) is 10.8 Å². The van der Waals surface area contributed by atoms with Gasteiger partial charge in [-0.25, -0.2) is 8.60 Å². The number of halogens is 5. The zero-order valence-corrected chi connectivity index (χ0v) is 44.1. The molecule has 1 saturated heterocycles. The molecule has 16 heteroatoms. The molecule has 5 aromatic carbocycles. The number of aromatic nitrogens is 1. The van der Waals surface area contributed by atoms with Gasteiger partial charge in [0.05, 0.1) is 16.3 Å². The van der Waals surface area contributed by atoms with E-state index in [0.29, 0.717) is 41.1 Å². The lowest BCUT2D eigenvalue weighted by Gasteiger charge is -2.37. The summed E-state index contributed by atoms with van der Waals surface area (Å²) in [4.78, 5) is 9.16. The molecule has 1 fully saturated rings. The Balaban J connectivity index is 1.02. The maximum absolute atomic E-state index is 15.7. The third-order valence-electron chi connectivity index (χ3n) is 12.0. The van der Waals surface area contributed by atoms with E-state index in [1.807, 2.05) is 78.9 Å². The van der Waals surface area contributed by atoms with Crippen molar-refractivity contribution in [1.29, 1.82) is 0 Å². The average Bonchev–Trinajstić information content (AvgIpc) is 3.63. The van der Waals surface area contributed by atoms with Gasteiger partial charge in [-0.2, -0.15) is 13.2 Å². The maximum Gasteiger partial charge on any atom is 0.475 e. The number of nitrogens with one attached hydrogen (secondary N) is 2. The van der Waals surface area contributed by atoms with E-state index in [1.54, 1.807) is 47.8 Å². The molecule has 7 rings (SSSR count). The summed E-state index contributed by atoms with van der Waals surface area (Å²) in [5, 5.41) is 4.02. The smallest absolute Gasteiger partial charge is 0.380 e. The Hall–Kier alpha value is -4.25. The van der Waals surface area contributed by atoms with Crippen LogP contribution in [0, 0.1) is 18.7 Å². The van der Waals surface area contributed by atoms with E-state index in [9.17, 15) is 17.4 Å². The van der Waals surface area contributed by atoms with Crippen LogP contribution in [0.4, 0.5) is 40.3 Å². The van der Waals surface area contributed by atoms with Gasteiger partial charge in [0.25, 0.3) is 0 Å². The van der Waals surface area contributed by atoms with Crippen molar-refractivity contribution < 1.29 is 21.8 Å². The van der Waals surface area contributed by atoms with E-state index in [2.05, 4.69) is 83.3 Å². The van der Waals surface area contributed by atoms with E-state index in [4.69, 9.17) is 11.6 Å². The summed E-state index contributed by atoms with van der Waals surface area (Å²) in [6, 6.07) is 35.8. The van der Waals surface area contributed by atoms with Crippen molar-refractivity contribution >= 4 is 80.6 Å². The SMILES string of the molecule is CSc1c(-c2cc(F)cc(N3CCN(c4ccc(NSc5ccc(NC(CCN(C)CC(C)C)CSc6ccccc6)c(S(=O)C(F)(F)F)c5)cc4)CC3)c2)c(-c2ccc(Cl)cc2)n(C(C)C)c1C. The number of hydrogen-bond acceptors (Lipinski definition) is 9. The molecular formula is C53H61ClF4N6OS4. The fourth-order valence-corrected chi connectivity index (χ4v) is 12.4. The van der Waals surface area contributed by atoms with E-state index in [1.165, 1.54) is 18.0 Å². The van der Waals surface area contributed by atoms with Crippen LogP contribution >= 0.6 is 47.1 Å². The Bertz CT molecular complexity index is 2660. The lowest BCUT2D eigenvalue weighted by atomic mass is 9.99. The number of piperazine rings is 1. The maximum atomic E-state index is 15.7. The molecule has 7 nitrogen and oxygen atoms in total. The third kappa shape index (κ3) is 13.6. The standard InChI is InChI=1S/C53H61ClF4N6OS4/c1-35(2)33-61(6)24-23-43(34-67-46-11-9-8-10-12-46)59-48-22-21-47(32-49(48)69(65)53(56,57)58)68-60-42-17-19-44(20-18-42)62-25-27-63(28-26-62)45-30-39(29-41(55)31-45)50-51(38-13-15-40(54)16-14-38)64(36(3)4)37(5)52(50)66-7/h8-22,29-32,35-36,43,59-60H,23-28,33-34H2,1-7H3. The van der Waals surface area contributed by atoms with Crippen molar-refractivity contribution in [3.05, 3.63) is 132 Å². The third-order valence-corrected chi connectivity index (χ3v) is 16.3.